The van der Waals surface area contributed by atoms with Gasteiger partial charge >= 0.3 is 0 Å². The molecule has 1 aliphatic carbocycles. The van der Waals surface area contributed by atoms with Crippen molar-refractivity contribution in [3.8, 4) is 0 Å². The maximum atomic E-state index is 12.4. The fourth-order valence-electron chi connectivity index (χ4n) is 2.85. The summed E-state index contributed by atoms with van der Waals surface area (Å²) in [6, 6.07) is 0.0511. The minimum absolute atomic E-state index is 0.0363. The van der Waals surface area contributed by atoms with E-state index in [0.717, 1.165) is 32.3 Å². The molecular weight excluding hydrogens is 234 g/mol. The molecule has 0 aromatic carbocycles. The number of rotatable bonds is 3. The summed E-state index contributed by atoms with van der Waals surface area (Å²) >= 11 is 0. The van der Waals surface area contributed by atoms with E-state index in [2.05, 4.69) is 10.5 Å². The lowest BCUT2D eigenvalue weighted by Crippen LogP contribution is -2.52. The lowest BCUT2D eigenvalue weighted by atomic mass is 9.83. The Morgan fingerprint density at radius 1 is 1.39 bits per heavy atom. The van der Waals surface area contributed by atoms with Crippen molar-refractivity contribution < 1.29 is 14.7 Å². The predicted octanol–water partition coefficient (Wildman–Crippen LogP) is 0.588. The molecule has 0 aromatic heterocycles. The molecule has 2 fully saturated rings. The number of hydrogen-bond donors (Lipinski definition) is 3. The van der Waals surface area contributed by atoms with E-state index in [-0.39, 0.29) is 17.8 Å². The van der Waals surface area contributed by atoms with Gasteiger partial charge in [0.25, 0.3) is 0 Å². The molecule has 0 aromatic rings. The summed E-state index contributed by atoms with van der Waals surface area (Å²) in [5.74, 6) is -0.0833. The fourth-order valence-corrected chi connectivity index (χ4v) is 2.85. The number of nitrogens with zero attached hydrogens (tertiary/aromatic N) is 1. The van der Waals surface area contributed by atoms with Gasteiger partial charge in [0.1, 0.15) is 5.41 Å². The molecule has 0 spiro atoms. The average molecular weight is 255 g/mol. The molecule has 6 heteroatoms. The molecule has 1 aliphatic heterocycles. The molecule has 1 heterocycles. The van der Waals surface area contributed by atoms with Gasteiger partial charge in [0.2, 0.25) is 5.91 Å². The summed E-state index contributed by atoms with van der Waals surface area (Å²) in [6.07, 6.45) is 5.07. The molecule has 1 unspecified atom stereocenters. The van der Waals surface area contributed by atoms with Crippen molar-refractivity contribution in [2.75, 3.05) is 13.2 Å². The van der Waals surface area contributed by atoms with Crippen molar-refractivity contribution >= 4 is 11.7 Å². The first kappa shape index (κ1) is 13.1. The number of nitrogens with two attached hydrogens (primary N) is 1. The van der Waals surface area contributed by atoms with Gasteiger partial charge in [0.05, 0.1) is 12.6 Å². The standard InChI is InChI=1S/C12H21N3O3/c13-10(15-17)12(5-1-2-6-12)11(16)14-9-4-3-7-18-8-9/h9,17H,1-8H2,(H2,13,15)(H,14,16). The molecule has 1 amide bonds. The van der Waals surface area contributed by atoms with Crippen LogP contribution in [0.25, 0.3) is 0 Å². The number of hydrogen-bond acceptors (Lipinski definition) is 4. The number of oxime groups is 1. The average Bonchev–Trinajstić information content (AvgIpc) is 2.89. The van der Waals surface area contributed by atoms with E-state index in [0.29, 0.717) is 19.4 Å². The lowest BCUT2D eigenvalue weighted by Gasteiger charge is -2.30. The molecule has 1 atom stereocenters. The topological polar surface area (TPSA) is 96.9 Å². The summed E-state index contributed by atoms with van der Waals surface area (Å²) in [5, 5.41) is 14.9. The summed E-state index contributed by atoms with van der Waals surface area (Å²) in [7, 11) is 0. The summed E-state index contributed by atoms with van der Waals surface area (Å²) < 4.78 is 5.34. The van der Waals surface area contributed by atoms with E-state index >= 15 is 0 Å². The maximum absolute atomic E-state index is 12.4. The second-order valence-corrected chi connectivity index (χ2v) is 5.16. The van der Waals surface area contributed by atoms with Crippen LogP contribution in [-0.4, -0.2) is 36.2 Å². The van der Waals surface area contributed by atoms with Gasteiger partial charge in [0.15, 0.2) is 5.84 Å². The van der Waals surface area contributed by atoms with Crippen LogP contribution in [0.3, 0.4) is 0 Å². The van der Waals surface area contributed by atoms with Crippen LogP contribution in [0.4, 0.5) is 0 Å². The van der Waals surface area contributed by atoms with Crippen LogP contribution in [-0.2, 0) is 9.53 Å². The zero-order chi connectivity index (χ0) is 13.0. The first-order valence-corrected chi connectivity index (χ1v) is 6.56. The molecule has 1 saturated heterocycles. The minimum atomic E-state index is -0.813. The van der Waals surface area contributed by atoms with Crippen molar-refractivity contribution in [1.82, 2.24) is 5.32 Å². The second kappa shape index (κ2) is 5.56. The second-order valence-electron chi connectivity index (χ2n) is 5.16. The molecule has 2 aliphatic rings. The van der Waals surface area contributed by atoms with Crippen LogP contribution in [0.1, 0.15) is 38.5 Å². The summed E-state index contributed by atoms with van der Waals surface area (Å²) in [6.45, 7) is 1.32. The number of carbonyl (C=O) groups is 1. The molecule has 6 nitrogen and oxygen atoms in total. The molecular formula is C12H21N3O3. The smallest absolute Gasteiger partial charge is 0.234 e. The Hall–Kier alpha value is -1.30. The van der Waals surface area contributed by atoms with E-state index in [4.69, 9.17) is 15.7 Å². The summed E-state index contributed by atoms with van der Waals surface area (Å²) in [4.78, 5) is 12.4. The van der Waals surface area contributed by atoms with E-state index in [9.17, 15) is 4.79 Å². The van der Waals surface area contributed by atoms with Crippen LogP contribution in [0, 0.1) is 5.41 Å². The van der Waals surface area contributed by atoms with Crippen LogP contribution in [0.15, 0.2) is 5.16 Å². The van der Waals surface area contributed by atoms with Crippen LogP contribution >= 0.6 is 0 Å². The van der Waals surface area contributed by atoms with E-state index < -0.39 is 5.41 Å². The zero-order valence-electron chi connectivity index (χ0n) is 10.5. The molecule has 2 rings (SSSR count). The predicted molar refractivity (Wildman–Crippen MR) is 66.3 cm³/mol. The highest BCUT2D eigenvalue weighted by molar-refractivity contribution is 6.07. The Kier molecular flexibility index (Phi) is 4.06. The Labute approximate surface area is 107 Å². The molecule has 0 bridgehead atoms. The number of nitrogens with one attached hydrogen (secondary N) is 1. The van der Waals surface area contributed by atoms with Crippen LogP contribution in [0.2, 0.25) is 0 Å². The molecule has 18 heavy (non-hydrogen) atoms. The molecule has 0 radical (unpaired) electrons. The number of amides is 1. The normalized spacial score (nSPS) is 28.0. The largest absolute Gasteiger partial charge is 0.409 e. The SMILES string of the molecule is NC(=NO)C1(C(=O)NC2CCCOC2)CCCC1. The van der Waals surface area contributed by atoms with Crippen molar-refractivity contribution in [1.29, 1.82) is 0 Å². The van der Waals surface area contributed by atoms with E-state index in [1.807, 2.05) is 0 Å². The van der Waals surface area contributed by atoms with Crippen LogP contribution in [0.5, 0.6) is 0 Å². The fraction of sp³-hybridized carbons (Fsp3) is 0.833. The van der Waals surface area contributed by atoms with Crippen LogP contribution < -0.4 is 11.1 Å². The van der Waals surface area contributed by atoms with Gasteiger partial charge in [-0.15, -0.1) is 0 Å². The molecule has 4 N–H and O–H groups in total. The number of ether oxygens (including phenoxy) is 1. The van der Waals surface area contributed by atoms with Gasteiger partial charge in [-0.25, -0.2) is 0 Å². The van der Waals surface area contributed by atoms with Gasteiger partial charge in [-0.1, -0.05) is 18.0 Å². The molecule has 102 valence electrons. The van der Waals surface area contributed by atoms with Gasteiger partial charge < -0.3 is 21.0 Å². The maximum Gasteiger partial charge on any atom is 0.234 e. The monoisotopic (exact) mass is 255 g/mol. The number of carbonyl (C=O) groups excluding carboxylic acids is 1. The lowest BCUT2D eigenvalue weighted by molar-refractivity contribution is -0.129. The van der Waals surface area contributed by atoms with Crippen molar-refractivity contribution in [2.24, 2.45) is 16.3 Å². The van der Waals surface area contributed by atoms with Crippen molar-refractivity contribution in [3.05, 3.63) is 0 Å². The van der Waals surface area contributed by atoms with Crippen molar-refractivity contribution in [3.63, 3.8) is 0 Å². The Morgan fingerprint density at radius 3 is 2.67 bits per heavy atom. The zero-order valence-corrected chi connectivity index (χ0v) is 10.5. The third kappa shape index (κ3) is 2.43. The highest BCUT2D eigenvalue weighted by Gasteiger charge is 2.46. The first-order chi connectivity index (χ1) is 8.69. The van der Waals surface area contributed by atoms with Gasteiger partial charge in [-0.05, 0) is 25.7 Å². The summed E-state index contributed by atoms with van der Waals surface area (Å²) in [5.41, 5.74) is 4.91. The minimum Gasteiger partial charge on any atom is -0.409 e. The Balaban J connectivity index is 2.04. The third-order valence-corrected chi connectivity index (χ3v) is 3.99. The third-order valence-electron chi connectivity index (χ3n) is 3.99. The van der Waals surface area contributed by atoms with Gasteiger partial charge in [-0.3, -0.25) is 4.79 Å². The molecule has 1 saturated carbocycles. The highest BCUT2D eigenvalue weighted by atomic mass is 16.5. The van der Waals surface area contributed by atoms with Crippen molar-refractivity contribution in [2.45, 2.75) is 44.6 Å². The van der Waals surface area contributed by atoms with Gasteiger partial charge in [0, 0.05) is 6.61 Å². The Morgan fingerprint density at radius 2 is 2.11 bits per heavy atom. The first-order valence-electron chi connectivity index (χ1n) is 6.56. The quantitative estimate of drug-likeness (QED) is 0.297. The Bertz CT molecular complexity index is 331. The van der Waals surface area contributed by atoms with Gasteiger partial charge in [-0.2, -0.15) is 0 Å². The highest BCUT2D eigenvalue weighted by Crippen LogP contribution is 2.38. The van der Waals surface area contributed by atoms with E-state index in [1.165, 1.54) is 0 Å². The van der Waals surface area contributed by atoms with E-state index in [1.54, 1.807) is 0 Å². The number of amidine groups is 1.